The van der Waals surface area contributed by atoms with Crippen LogP contribution >= 0.6 is 11.6 Å². The molecule has 0 aliphatic rings. The predicted molar refractivity (Wildman–Crippen MR) is 109 cm³/mol. The number of hydrogen-bond donors (Lipinski definition) is 4. The molecule has 0 aromatic heterocycles. The fourth-order valence-electron chi connectivity index (χ4n) is 2.49. The van der Waals surface area contributed by atoms with Gasteiger partial charge in [0.1, 0.15) is 0 Å². The Kier molecular flexibility index (Phi) is 5.58. The summed E-state index contributed by atoms with van der Waals surface area (Å²) in [6.07, 6.45) is 0. The Morgan fingerprint density at radius 3 is 2.22 bits per heavy atom. The second-order valence-electron chi connectivity index (χ2n) is 5.67. The molecule has 3 amide bonds. The molecule has 136 valence electrons. The molecular weight excluding hydrogens is 364 g/mol. The molecule has 5 N–H and O–H groups in total. The third kappa shape index (κ3) is 4.77. The largest absolute Gasteiger partial charge is 0.366 e. The van der Waals surface area contributed by atoms with E-state index in [2.05, 4.69) is 16.0 Å². The average Bonchev–Trinajstić information content (AvgIpc) is 2.65. The lowest BCUT2D eigenvalue weighted by atomic mass is 10.1. The Hall–Kier alpha value is -3.51. The number of rotatable bonds is 5. The number of nitrogens with one attached hydrogen (secondary N) is 3. The van der Waals surface area contributed by atoms with Gasteiger partial charge in [0.15, 0.2) is 0 Å². The normalized spacial score (nSPS) is 10.1. The molecule has 3 aromatic carbocycles. The highest BCUT2D eigenvalue weighted by molar-refractivity contribution is 6.31. The van der Waals surface area contributed by atoms with Gasteiger partial charge >= 0.3 is 6.03 Å². The van der Waals surface area contributed by atoms with E-state index in [1.807, 2.05) is 18.2 Å². The van der Waals surface area contributed by atoms with Crippen LogP contribution in [-0.2, 0) is 0 Å². The Morgan fingerprint density at radius 1 is 0.778 bits per heavy atom. The molecule has 7 heteroatoms. The van der Waals surface area contributed by atoms with Gasteiger partial charge in [-0.2, -0.15) is 0 Å². The van der Waals surface area contributed by atoms with E-state index in [4.69, 9.17) is 17.3 Å². The second-order valence-corrected chi connectivity index (χ2v) is 6.11. The lowest BCUT2D eigenvalue weighted by molar-refractivity contribution is 0.100. The van der Waals surface area contributed by atoms with Gasteiger partial charge in [0.25, 0.3) is 5.91 Å². The van der Waals surface area contributed by atoms with Gasteiger partial charge in [-0.1, -0.05) is 41.9 Å². The summed E-state index contributed by atoms with van der Waals surface area (Å²) in [5.74, 6) is -0.552. The molecule has 0 fully saturated rings. The highest BCUT2D eigenvalue weighted by Crippen LogP contribution is 2.30. The van der Waals surface area contributed by atoms with Gasteiger partial charge in [0.05, 0.1) is 22.6 Å². The number of primary amides is 1. The van der Waals surface area contributed by atoms with Crippen LogP contribution in [0.5, 0.6) is 0 Å². The number of anilines is 4. The standard InChI is InChI=1S/C20H17ClN4O2/c21-13-10-11-17(24-16-9-5-4-8-15(16)19(22)26)18(12-13)25-20(27)23-14-6-2-1-3-7-14/h1-12,24H,(H2,22,26)(H2,23,25,27). The van der Waals surface area contributed by atoms with Crippen molar-refractivity contribution >= 4 is 46.3 Å². The van der Waals surface area contributed by atoms with Gasteiger partial charge in [0, 0.05) is 10.7 Å². The Balaban J connectivity index is 1.83. The SMILES string of the molecule is NC(=O)c1ccccc1Nc1ccc(Cl)cc1NC(=O)Nc1ccccc1. The van der Waals surface area contributed by atoms with Crippen LogP contribution in [0, 0.1) is 0 Å². The molecule has 3 aromatic rings. The quantitative estimate of drug-likeness (QED) is 0.510. The molecule has 6 nitrogen and oxygen atoms in total. The maximum absolute atomic E-state index is 12.3. The second kappa shape index (κ2) is 8.25. The van der Waals surface area contributed by atoms with Gasteiger partial charge in [-0.15, -0.1) is 0 Å². The van der Waals surface area contributed by atoms with Crippen LogP contribution in [0.2, 0.25) is 5.02 Å². The first-order valence-electron chi connectivity index (χ1n) is 8.11. The number of amides is 3. The summed E-state index contributed by atoms with van der Waals surface area (Å²) in [6.45, 7) is 0. The van der Waals surface area contributed by atoms with Crippen LogP contribution < -0.4 is 21.7 Å². The zero-order valence-corrected chi connectivity index (χ0v) is 15.0. The first kappa shape index (κ1) is 18.3. The summed E-state index contributed by atoms with van der Waals surface area (Å²) in [7, 11) is 0. The van der Waals surface area contributed by atoms with Crippen molar-refractivity contribution in [2.75, 3.05) is 16.0 Å². The summed E-state index contributed by atoms with van der Waals surface area (Å²) in [5.41, 5.74) is 7.96. The first-order valence-corrected chi connectivity index (χ1v) is 8.49. The number of urea groups is 1. The molecule has 0 aliphatic carbocycles. The number of carbonyl (C=O) groups excluding carboxylic acids is 2. The number of halogens is 1. The maximum Gasteiger partial charge on any atom is 0.323 e. The minimum Gasteiger partial charge on any atom is -0.366 e. The zero-order valence-electron chi connectivity index (χ0n) is 14.2. The molecule has 0 aliphatic heterocycles. The molecule has 0 saturated heterocycles. The summed E-state index contributed by atoms with van der Waals surface area (Å²) in [6, 6.07) is 20.5. The van der Waals surface area contributed by atoms with Crippen LogP contribution in [-0.4, -0.2) is 11.9 Å². The Labute approximate surface area is 161 Å². The number of benzene rings is 3. The predicted octanol–water partition coefficient (Wildman–Crippen LogP) is 4.83. The fourth-order valence-corrected chi connectivity index (χ4v) is 2.66. The summed E-state index contributed by atoms with van der Waals surface area (Å²) >= 11 is 6.07. The molecule has 0 bridgehead atoms. The Morgan fingerprint density at radius 2 is 1.48 bits per heavy atom. The van der Waals surface area contributed by atoms with Gasteiger partial charge in [0.2, 0.25) is 0 Å². The van der Waals surface area contributed by atoms with E-state index in [0.29, 0.717) is 33.3 Å². The van der Waals surface area contributed by atoms with Crippen molar-refractivity contribution in [2.24, 2.45) is 5.73 Å². The average molecular weight is 381 g/mol. The lowest BCUT2D eigenvalue weighted by Gasteiger charge is -2.15. The van der Waals surface area contributed by atoms with E-state index in [-0.39, 0.29) is 0 Å². The number of hydrogen-bond acceptors (Lipinski definition) is 3. The maximum atomic E-state index is 12.3. The van der Waals surface area contributed by atoms with E-state index in [1.165, 1.54) is 0 Å². The third-order valence-electron chi connectivity index (χ3n) is 3.72. The summed E-state index contributed by atoms with van der Waals surface area (Å²) in [5, 5.41) is 9.07. The van der Waals surface area contributed by atoms with Gasteiger partial charge < -0.3 is 21.7 Å². The van der Waals surface area contributed by atoms with Gasteiger partial charge in [-0.05, 0) is 42.5 Å². The van der Waals surface area contributed by atoms with E-state index in [1.54, 1.807) is 54.6 Å². The van der Waals surface area contributed by atoms with Crippen molar-refractivity contribution in [3.05, 3.63) is 83.4 Å². The summed E-state index contributed by atoms with van der Waals surface area (Å²) in [4.78, 5) is 23.9. The van der Waals surface area contributed by atoms with E-state index >= 15 is 0 Å². The zero-order chi connectivity index (χ0) is 19.2. The molecule has 0 atom stereocenters. The van der Waals surface area contributed by atoms with Crippen molar-refractivity contribution in [3.63, 3.8) is 0 Å². The molecular formula is C20H17ClN4O2. The highest BCUT2D eigenvalue weighted by Gasteiger charge is 2.12. The fraction of sp³-hybridized carbons (Fsp3) is 0. The molecule has 0 spiro atoms. The van der Waals surface area contributed by atoms with Crippen molar-refractivity contribution in [2.45, 2.75) is 0 Å². The van der Waals surface area contributed by atoms with Crippen molar-refractivity contribution in [3.8, 4) is 0 Å². The van der Waals surface area contributed by atoms with E-state index in [0.717, 1.165) is 0 Å². The monoisotopic (exact) mass is 380 g/mol. The van der Waals surface area contributed by atoms with Crippen molar-refractivity contribution in [1.29, 1.82) is 0 Å². The molecule has 27 heavy (non-hydrogen) atoms. The summed E-state index contributed by atoms with van der Waals surface area (Å²) < 4.78 is 0. The first-order chi connectivity index (χ1) is 13.0. The van der Waals surface area contributed by atoms with E-state index in [9.17, 15) is 9.59 Å². The van der Waals surface area contributed by atoms with Crippen LogP contribution in [0.4, 0.5) is 27.5 Å². The minimum atomic E-state index is -0.552. The minimum absolute atomic E-state index is 0.340. The van der Waals surface area contributed by atoms with Crippen LogP contribution in [0.15, 0.2) is 72.8 Å². The topological polar surface area (TPSA) is 96.2 Å². The van der Waals surface area contributed by atoms with Crippen molar-refractivity contribution < 1.29 is 9.59 Å². The van der Waals surface area contributed by atoms with Crippen molar-refractivity contribution in [1.82, 2.24) is 0 Å². The van der Waals surface area contributed by atoms with E-state index < -0.39 is 11.9 Å². The van der Waals surface area contributed by atoms with Gasteiger partial charge in [-0.3, -0.25) is 4.79 Å². The smallest absolute Gasteiger partial charge is 0.323 e. The van der Waals surface area contributed by atoms with Crippen LogP contribution in [0.1, 0.15) is 10.4 Å². The highest BCUT2D eigenvalue weighted by atomic mass is 35.5. The number of nitrogens with two attached hydrogens (primary N) is 1. The number of para-hydroxylation sites is 2. The van der Waals surface area contributed by atoms with Crippen LogP contribution in [0.3, 0.4) is 0 Å². The molecule has 3 rings (SSSR count). The number of carbonyl (C=O) groups is 2. The molecule has 0 unspecified atom stereocenters. The molecule has 0 radical (unpaired) electrons. The van der Waals surface area contributed by atoms with Gasteiger partial charge in [-0.25, -0.2) is 4.79 Å². The lowest BCUT2D eigenvalue weighted by Crippen LogP contribution is -2.20. The molecule has 0 saturated carbocycles. The Bertz CT molecular complexity index is 977. The molecule has 0 heterocycles. The third-order valence-corrected chi connectivity index (χ3v) is 3.96. The van der Waals surface area contributed by atoms with Crippen LogP contribution in [0.25, 0.3) is 0 Å².